The molecule has 1 saturated carbocycles. The van der Waals surface area contributed by atoms with E-state index in [0.29, 0.717) is 66.1 Å². The molecule has 17 heteroatoms. The average Bonchev–Trinajstić information content (AvgIpc) is 3.89. The van der Waals surface area contributed by atoms with Crippen LogP contribution in [0.15, 0.2) is 48.8 Å². The maximum atomic E-state index is 13.8. The molecule has 1 unspecified atom stereocenters. The number of sulfonamides is 1. The SMILES string of the molecule is CS(=O)(=O)NCc1cc(C(=O)OC(Cc2c(Cl)c[n+]([O-])cc2Cl)c2ccc(OC(F)F)c(OCC3CC3)c2)ccc1OCCN1CCOCC1. The highest BCUT2D eigenvalue weighted by atomic mass is 35.5. The van der Waals surface area contributed by atoms with Crippen LogP contribution in [0.4, 0.5) is 8.78 Å². The van der Waals surface area contributed by atoms with Crippen molar-refractivity contribution in [2.24, 2.45) is 5.92 Å². The largest absolute Gasteiger partial charge is 0.619 e. The van der Waals surface area contributed by atoms with Crippen LogP contribution in [0.25, 0.3) is 0 Å². The fourth-order valence-electron chi connectivity index (χ4n) is 5.16. The molecule has 1 atom stereocenters. The quantitative estimate of drug-likeness (QED) is 0.115. The smallest absolute Gasteiger partial charge is 0.387 e. The molecule has 0 bridgehead atoms. The number of aromatic nitrogens is 1. The van der Waals surface area contributed by atoms with Gasteiger partial charge in [0.05, 0.1) is 31.6 Å². The number of pyridine rings is 1. The number of rotatable bonds is 17. The summed E-state index contributed by atoms with van der Waals surface area (Å²) in [5.41, 5.74) is 1.11. The van der Waals surface area contributed by atoms with Crippen molar-refractivity contribution in [3.8, 4) is 17.2 Å². The van der Waals surface area contributed by atoms with Gasteiger partial charge in [0.25, 0.3) is 0 Å². The Morgan fingerprint density at radius 3 is 2.42 bits per heavy atom. The molecule has 1 aliphatic carbocycles. The summed E-state index contributed by atoms with van der Waals surface area (Å²) in [6.07, 6.45) is 3.92. The van der Waals surface area contributed by atoms with Crippen LogP contribution in [0.3, 0.4) is 0 Å². The van der Waals surface area contributed by atoms with Gasteiger partial charge in [-0.05, 0) is 54.7 Å². The molecule has 2 fully saturated rings. The van der Waals surface area contributed by atoms with Crippen LogP contribution in [0, 0.1) is 11.1 Å². The second-order valence-electron chi connectivity index (χ2n) is 11.9. The lowest BCUT2D eigenvalue weighted by molar-refractivity contribution is -0.605. The summed E-state index contributed by atoms with van der Waals surface area (Å²) in [6.45, 7) is 0.766. The highest BCUT2D eigenvalue weighted by molar-refractivity contribution is 7.88. The van der Waals surface area contributed by atoms with Gasteiger partial charge in [-0.25, -0.2) is 17.9 Å². The monoisotopic (exact) mass is 759 g/mol. The topological polar surface area (TPSA) is 140 Å². The van der Waals surface area contributed by atoms with E-state index in [4.69, 9.17) is 42.1 Å². The first-order valence-corrected chi connectivity index (χ1v) is 18.5. The second kappa shape index (κ2) is 17.2. The van der Waals surface area contributed by atoms with E-state index in [2.05, 4.69) is 14.4 Å². The van der Waals surface area contributed by atoms with Crippen LogP contribution >= 0.6 is 23.2 Å². The van der Waals surface area contributed by atoms with Gasteiger partial charge in [-0.2, -0.15) is 13.5 Å². The van der Waals surface area contributed by atoms with E-state index >= 15 is 0 Å². The third-order valence-electron chi connectivity index (χ3n) is 8.01. The highest BCUT2D eigenvalue weighted by Gasteiger charge is 2.27. The van der Waals surface area contributed by atoms with Gasteiger partial charge in [-0.15, -0.1) is 0 Å². The van der Waals surface area contributed by atoms with Gasteiger partial charge < -0.3 is 28.9 Å². The molecule has 0 spiro atoms. The fraction of sp³-hybridized carbons (Fsp3) is 0.455. The molecule has 2 aromatic carbocycles. The molecule has 1 saturated heterocycles. The number of carbonyl (C=O) groups excluding carboxylic acids is 1. The van der Waals surface area contributed by atoms with Crippen molar-refractivity contribution < 1.29 is 50.4 Å². The van der Waals surface area contributed by atoms with Gasteiger partial charge in [0.2, 0.25) is 10.0 Å². The van der Waals surface area contributed by atoms with Crippen molar-refractivity contribution in [3.63, 3.8) is 0 Å². The van der Waals surface area contributed by atoms with Crippen molar-refractivity contribution >= 4 is 39.2 Å². The molecule has 2 heterocycles. The van der Waals surface area contributed by atoms with Gasteiger partial charge >= 0.3 is 12.6 Å². The Balaban J connectivity index is 1.43. The van der Waals surface area contributed by atoms with Crippen LogP contribution in [0.2, 0.25) is 10.0 Å². The fourth-order valence-corrected chi connectivity index (χ4v) is 6.18. The summed E-state index contributed by atoms with van der Waals surface area (Å²) in [5, 5.41) is 12.0. The lowest BCUT2D eigenvalue weighted by Crippen LogP contribution is -2.38. The summed E-state index contributed by atoms with van der Waals surface area (Å²) in [7, 11) is -3.59. The standard InChI is InChI=1S/C33H37Cl2F2N3O9S/c1-50(43,44)38-17-24-14-23(5-6-28(24)46-13-10-39-8-11-45-12-9-39)32(41)48-30(16-25-26(34)18-40(42)19-27(25)35)22-4-7-29(49-33(36)37)31(15-22)47-20-21-2-3-21/h4-7,14-15,18-19,21,30,33,38H,2-3,8-13,16-17,20H2,1H3. The molecule has 50 heavy (non-hydrogen) atoms. The number of alkyl halides is 2. The van der Waals surface area contributed by atoms with Crippen molar-refractivity contribution in [2.45, 2.75) is 38.5 Å². The molecule has 12 nitrogen and oxygen atoms in total. The number of morpholine rings is 1. The van der Waals surface area contributed by atoms with E-state index in [-0.39, 0.29) is 40.1 Å². The molecule has 2 aliphatic rings. The maximum Gasteiger partial charge on any atom is 0.387 e. The minimum absolute atomic E-state index is 0.0177. The van der Waals surface area contributed by atoms with E-state index < -0.39 is 28.7 Å². The minimum Gasteiger partial charge on any atom is -0.619 e. The predicted molar refractivity (Wildman–Crippen MR) is 179 cm³/mol. The van der Waals surface area contributed by atoms with Crippen molar-refractivity contribution in [1.29, 1.82) is 0 Å². The number of carbonyl (C=O) groups is 1. The number of ether oxygens (including phenoxy) is 5. The van der Waals surface area contributed by atoms with Crippen LogP contribution < -0.4 is 23.7 Å². The first-order valence-electron chi connectivity index (χ1n) is 15.8. The Kier molecular flexibility index (Phi) is 13.0. The van der Waals surface area contributed by atoms with E-state index in [1.807, 2.05) is 0 Å². The van der Waals surface area contributed by atoms with Gasteiger partial charge in [0, 0.05) is 43.7 Å². The van der Waals surface area contributed by atoms with Crippen LogP contribution in [0.5, 0.6) is 17.2 Å². The van der Waals surface area contributed by atoms with E-state index in [9.17, 15) is 27.2 Å². The van der Waals surface area contributed by atoms with Gasteiger partial charge in [0.1, 0.15) is 28.5 Å². The average molecular weight is 761 g/mol. The third kappa shape index (κ3) is 11.3. The van der Waals surface area contributed by atoms with E-state index in [1.54, 1.807) is 6.07 Å². The van der Waals surface area contributed by atoms with Crippen molar-refractivity contribution in [1.82, 2.24) is 9.62 Å². The summed E-state index contributed by atoms with van der Waals surface area (Å²) in [5.74, 6) is -0.282. The molecular formula is C33H37Cl2F2N3O9S. The Hall–Kier alpha value is -3.47. The lowest BCUT2D eigenvalue weighted by Gasteiger charge is -2.26. The molecule has 1 aromatic heterocycles. The Labute approximate surface area is 298 Å². The normalized spacial score (nSPS) is 15.9. The lowest BCUT2D eigenvalue weighted by atomic mass is 10.0. The van der Waals surface area contributed by atoms with E-state index in [1.165, 1.54) is 30.3 Å². The zero-order valence-electron chi connectivity index (χ0n) is 27.1. The first-order chi connectivity index (χ1) is 23.8. The van der Waals surface area contributed by atoms with Crippen LogP contribution in [-0.2, 0) is 32.5 Å². The van der Waals surface area contributed by atoms with E-state index in [0.717, 1.165) is 44.6 Å². The molecule has 0 amide bonds. The van der Waals surface area contributed by atoms with Gasteiger partial charge in [-0.3, -0.25) is 4.90 Å². The maximum absolute atomic E-state index is 13.8. The molecule has 5 rings (SSSR count). The molecule has 272 valence electrons. The third-order valence-corrected chi connectivity index (χ3v) is 9.33. The number of hydrogen-bond donors (Lipinski definition) is 1. The molecule has 0 radical (unpaired) electrons. The number of halogens is 4. The van der Waals surface area contributed by atoms with Crippen LogP contribution in [-0.4, -0.2) is 78.2 Å². The molecule has 3 aromatic rings. The van der Waals surface area contributed by atoms with Gasteiger partial charge in [-0.1, -0.05) is 29.3 Å². The van der Waals surface area contributed by atoms with Gasteiger partial charge in [0.15, 0.2) is 23.9 Å². The number of esters is 1. The van der Waals surface area contributed by atoms with Crippen molar-refractivity contribution in [2.75, 3.05) is 52.3 Å². The van der Waals surface area contributed by atoms with Crippen molar-refractivity contribution in [3.05, 3.63) is 86.3 Å². The Morgan fingerprint density at radius 2 is 1.76 bits per heavy atom. The molecule has 1 N–H and O–H groups in total. The molecular weight excluding hydrogens is 723 g/mol. The highest BCUT2D eigenvalue weighted by Crippen LogP contribution is 2.38. The Bertz CT molecular complexity index is 1740. The summed E-state index contributed by atoms with van der Waals surface area (Å²) in [4.78, 5) is 15.9. The summed E-state index contributed by atoms with van der Waals surface area (Å²) < 4.78 is 81.1. The number of benzene rings is 2. The molecule has 1 aliphatic heterocycles. The number of nitrogens with one attached hydrogen (secondary N) is 1. The second-order valence-corrected chi connectivity index (χ2v) is 14.6. The Morgan fingerprint density at radius 1 is 1.06 bits per heavy atom. The minimum atomic E-state index is -3.59. The van der Waals surface area contributed by atoms with Crippen LogP contribution in [0.1, 0.15) is 46.0 Å². The summed E-state index contributed by atoms with van der Waals surface area (Å²) in [6, 6.07) is 8.70. The zero-order valence-corrected chi connectivity index (χ0v) is 29.4. The number of nitrogens with zero attached hydrogens (tertiary/aromatic N) is 2. The first kappa shape index (κ1) is 37.8. The zero-order chi connectivity index (χ0) is 35.8. The predicted octanol–water partition coefficient (Wildman–Crippen LogP) is 4.92. The summed E-state index contributed by atoms with van der Waals surface area (Å²) >= 11 is 12.7. The number of hydrogen-bond acceptors (Lipinski definition) is 10.